The number of nitrogens with one attached hydrogen (secondary N) is 1. The first-order valence-electron chi connectivity index (χ1n) is 6.33. The highest BCUT2D eigenvalue weighted by atomic mass is 32.1. The molecular formula is C15H17NO2S. The van der Waals surface area contributed by atoms with Crippen molar-refractivity contribution < 1.29 is 9.53 Å². The van der Waals surface area contributed by atoms with Crippen LogP contribution in [-0.2, 0) is 6.42 Å². The first-order valence-corrected chi connectivity index (χ1v) is 7.21. The lowest BCUT2D eigenvalue weighted by Gasteiger charge is -2.10. The molecule has 19 heavy (non-hydrogen) atoms. The molecule has 0 aliphatic carbocycles. The van der Waals surface area contributed by atoms with E-state index in [9.17, 15) is 4.79 Å². The molecule has 0 aliphatic rings. The van der Waals surface area contributed by atoms with Crippen molar-refractivity contribution in [3.05, 3.63) is 52.2 Å². The van der Waals surface area contributed by atoms with E-state index in [0.29, 0.717) is 13.2 Å². The molecule has 1 amide bonds. The Labute approximate surface area is 117 Å². The van der Waals surface area contributed by atoms with Crippen molar-refractivity contribution in [2.24, 2.45) is 0 Å². The number of ether oxygens (including phenoxy) is 1. The van der Waals surface area contributed by atoms with Crippen LogP contribution in [0.15, 0.2) is 41.8 Å². The minimum atomic E-state index is -0.0395. The fourth-order valence-corrected chi connectivity index (χ4v) is 2.40. The standard InChI is InChI=1S/C15H17NO2S/c1-2-12-6-3-4-7-13(12)18-10-9-16-15(17)14-8-5-11-19-14/h3-8,11H,2,9-10H2,1H3,(H,16,17). The Balaban J connectivity index is 1.76. The highest BCUT2D eigenvalue weighted by Gasteiger charge is 2.05. The van der Waals surface area contributed by atoms with Gasteiger partial charge in [0, 0.05) is 0 Å². The number of hydrogen-bond donors (Lipinski definition) is 1. The van der Waals surface area contributed by atoms with E-state index >= 15 is 0 Å². The van der Waals surface area contributed by atoms with Crippen molar-refractivity contribution >= 4 is 17.2 Å². The first-order chi connectivity index (χ1) is 9.31. The first kappa shape index (κ1) is 13.6. The van der Waals surface area contributed by atoms with Crippen LogP contribution >= 0.6 is 11.3 Å². The van der Waals surface area contributed by atoms with Crippen LogP contribution in [0.4, 0.5) is 0 Å². The average molecular weight is 275 g/mol. The molecule has 2 aromatic rings. The van der Waals surface area contributed by atoms with Gasteiger partial charge >= 0.3 is 0 Å². The van der Waals surface area contributed by atoms with Gasteiger partial charge in [-0.2, -0.15) is 0 Å². The smallest absolute Gasteiger partial charge is 0.261 e. The summed E-state index contributed by atoms with van der Waals surface area (Å²) in [6, 6.07) is 11.7. The van der Waals surface area contributed by atoms with E-state index in [4.69, 9.17) is 4.74 Å². The van der Waals surface area contributed by atoms with Gasteiger partial charge in [0.05, 0.1) is 11.4 Å². The van der Waals surface area contributed by atoms with E-state index in [1.54, 1.807) is 0 Å². The predicted octanol–water partition coefficient (Wildman–Crippen LogP) is 3.12. The minimum absolute atomic E-state index is 0.0395. The van der Waals surface area contributed by atoms with Crippen molar-refractivity contribution in [2.75, 3.05) is 13.2 Å². The largest absolute Gasteiger partial charge is 0.491 e. The highest BCUT2D eigenvalue weighted by molar-refractivity contribution is 7.12. The summed E-state index contributed by atoms with van der Waals surface area (Å²) in [6.07, 6.45) is 0.942. The second-order valence-electron chi connectivity index (χ2n) is 4.04. The fourth-order valence-electron chi connectivity index (χ4n) is 1.76. The number of para-hydroxylation sites is 1. The maximum atomic E-state index is 11.7. The lowest BCUT2D eigenvalue weighted by atomic mass is 10.1. The van der Waals surface area contributed by atoms with E-state index in [1.807, 2.05) is 35.7 Å². The number of thiophene rings is 1. The van der Waals surface area contributed by atoms with Crippen LogP contribution in [0.3, 0.4) is 0 Å². The van der Waals surface area contributed by atoms with Crippen LogP contribution in [0.25, 0.3) is 0 Å². The number of benzene rings is 1. The van der Waals surface area contributed by atoms with E-state index in [-0.39, 0.29) is 5.91 Å². The normalized spacial score (nSPS) is 10.2. The Morgan fingerprint density at radius 2 is 2.11 bits per heavy atom. The second-order valence-corrected chi connectivity index (χ2v) is 4.99. The number of amides is 1. The van der Waals surface area contributed by atoms with Gasteiger partial charge in [0.25, 0.3) is 5.91 Å². The molecule has 1 heterocycles. The van der Waals surface area contributed by atoms with Crippen molar-refractivity contribution in [3.63, 3.8) is 0 Å². The monoisotopic (exact) mass is 275 g/mol. The van der Waals surface area contributed by atoms with Crippen LogP contribution in [0, 0.1) is 0 Å². The Kier molecular flexibility index (Phi) is 4.98. The molecule has 0 radical (unpaired) electrons. The number of carbonyl (C=O) groups excluding carboxylic acids is 1. The Morgan fingerprint density at radius 3 is 2.84 bits per heavy atom. The molecular weight excluding hydrogens is 258 g/mol. The third kappa shape index (κ3) is 3.83. The van der Waals surface area contributed by atoms with Crippen LogP contribution in [0.1, 0.15) is 22.2 Å². The van der Waals surface area contributed by atoms with Crippen molar-refractivity contribution in [2.45, 2.75) is 13.3 Å². The van der Waals surface area contributed by atoms with Crippen molar-refractivity contribution in [3.8, 4) is 5.75 Å². The SMILES string of the molecule is CCc1ccccc1OCCNC(=O)c1cccs1. The van der Waals surface area contributed by atoms with E-state index in [2.05, 4.69) is 18.3 Å². The van der Waals surface area contributed by atoms with Gasteiger partial charge in [-0.3, -0.25) is 4.79 Å². The number of hydrogen-bond acceptors (Lipinski definition) is 3. The Bertz CT molecular complexity index is 523. The average Bonchev–Trinajstić information content (AvgIpc) is 2.98. The molecule has 0 fully saturated rings. The molecule has 0 saturated heterocycles. The quantitative estimate of drug-likeness (QED) is 0.823. The lowest BCUT2D eigenvalue weighted by molar-refractivity contribution is 0.0951. The van der Waals surface area contributed by atoms with Crippen LogP contribution in [0.5, 0.6) is 5.75 Å². The second kappa shape index (κ2) is 6.95. The van der Waals surface area contributed by atoms with Gasteiger partial charge in [-0.15, -0.1) is 11.3 Å². The summed E-state index contributed by atoms with van der Waals surface area (Å²) in [5.74, 6) is 0.859. The van der Waals surface area contributed by atoms with Crippen molar-refractivity contribution in [1.29, 1.82) is 0 Å². The third-order valence-electron chi connectivity index (χ3n) is 2.74. The van der Waals surface area contributed by atoms with Crippen LogP contribution in [0.2, 0.25) is 0 Å². The number of aryl methyl sites for hydroxylation is 1. The van der Waals surface area contributed by atoms with Gasteiger partial charge in [0.1, 0.15) is 12.4 Å². The molecule has 4 heteroatoms. The van der Waals surface area contributed by atoms with Gasteiger partial charge in [-0.05, 0) is 29.5 Å². The topological polar surface area (TPSA) is 38.3 Å². The van der Waals surface area contributed by atoms with E-state index < -0.39 is 0 Å². The molecule has 0 unspecified atom stereocenters. The van der Waals surface area contributed by atoms with Crippen LogP contribution < -0.4 is 10.1 Å². The molecule has 0 saturated carbocycles. The van der Waals surface area contributed by atoms with E-state index in [0.717, 1.165) is 17.0 Å². The highest BCUT2D eigenvalue weighted by Crippen LogP contribution is 2.17. The zero-order valence-corrected chi connectivity index (χ0v) is 11.7. The summed E-state index contributed by atoms with van der Waals surface area (Å²) in [7, 11) is 0. The van der Waals surface area contributed by atoms with Gasteiger partial charge in [-0.1, -0.05) is 31.2 Å². The molecule has 0 bridgehead atoms. The summed E-state index contributed by atoms with van der Waals surface area (Å²) in [5.41, 5.74) is 1.19. The molecule has 1 N–H and O–H groups in total. The molecule has 100 valence electrons. The molecule has 2 rings (SSSR count). The maximum absolute atomic E-state index is 11.7. The van der Waals surface area contributed by atoms with E-state index in [1.165, 1.54) is 16.9 Å². The predicted molar refractivity (Wildman–Crippen MR) is 78.0 cm³/mol. The number of rotatable bonds is 6. The molecule has 1 aromatic heterocycles. The Morgan fingerprint density at radius 1 is 1.26 bits per heavy atom. The molecule has 0 atom stereocenters. The summed E-state index contributed by atoms with van der Waals surface area (Å²) < 4.78 is 5.68. The molecule has 0 aliphatic heterocycles. The summed E-state index contributed by atoms with van der Waals surface area (Å²) in [6.45, 7) is 3.09. The van der Waals surface area contributed by atoms with Gasteiger partial charge in [0.15, 0.2) is 0 Å². The minimum Gasteiger partial charge on any atom is -0.491 e. The molecule has 0 spiro atoms. The van der Waals surface area contributed by atoms with Gasteiger partial charge in [-0.25, -0.2) is 0 Å². The summed E-state index contributed by atoms with van der Waals surface area (Å²) >= 11 is 1.44. The molecule has 3 nitrogen and oxygen atoms in total. The fraction of sp³-hybridized carbons (Fsp3) is 0.267. The van der Waals surface area contributed by atoms with Gasteiger partial charge in [0.2, 0.25) is 0 Å². The molecule has 1 aromatic carbocycles. The zero-order chi connectivity index (χ0) is 13.5. The summed E-state index contributed by atoms with van der Waals surface area (Å²) in [5, 5.41) is 4.73. The zero-order valence-electron chi connectivity index (χ0n) is 10.9. The lowest BCUT2D eigenvalue weighted by Crippen LogP contribution is -2.27. The van der Waals surface area contributed by atoms with Gasteiger partial charge < -0.3 is 10.1 Å². The Hall–Kier alpha value is -1.81. The summed E-state index contributed by atoms with van der Waals surface area (Å²) in [4.78, 5) is 12.4. The third-order valence-corrected chi connectivity index (χ3v) is 3.61. The van der Waals surface area contributed by atoms with Crippen LogP contribution in [-0.4, -0.2) is 19.1 Å². The maximum Gasteiger partial charge on any atom is 0.261 e. The number of carbonyl (C=O) groups is 1. The van der Waals surface area contributed by atoms with Crippen molar-refractivity contribution in [1.82, 2.24) is 5.32 Å².